The molecule has 0 aliphatic heterocycles. The standard InChI is InChI=1S/C10H7FN2O/c11-8-1-3-9(4-2-8)13-7-12-5-10(13)6-14/h1-7H. The Hall–Kier alpha value is -1.97. The average Bonchev–Trinajstić information content (AvgIpc) is 2.67. The summed E-state index contributed by atoms with van der Waals surface area (Å²) in [4.78, 5) is 14.4. The first kappa shape index (κ1) is 8.62. The third-order valence-corrected chi connectivity index (χ3v) is 1.89. The molecular weight excluding hydrogens is 183 g/mol. The lowest BCUT2D eigenvalue weighted by Crippen LogP contribution is -1.96. The van der Waals surface area contributed by atoms with Gasteiger partial charge in [0.1, 0.15) is 11.5 Å². The summed E-state index contributed by atoms with van der Waals surface area (Å²) in [6.45, 7) is 0. The fraction of sp³-hybridized carbons (Fsp3) is 0. The van der Waals surface area contributed by atoms with E-state index in [0.29, 0.717) is 17.7 Å². The van der Waals surface area contributed by atoms with Gasteiger partial charge in [-0.1, -0.05) is 0 Å². The Morgan fingerprint density at radius 3 is 2.64 bits per heavy atom. The molecule has 0 aliphatic rings. The number of halogens is 1. The van der Waals surface area contributed by atoms with E-state index in [9.17, 15) is 9.18 Å². The number of carbonyl (C=O) groups is 1. The van der Waals surface area contributed by atoms with Crippen LogP contribution in [0.25, 0.3) is 5.69 Å². The van der Waals surface area contributed by atoms with Crippen molar-refractivity contribution in [2.24, 2.45) is 0 Å². The number of nitrogens with zero attached hydrogens (tertiary/aromatic N) is 2. The van der Waals surface area contributed by atoms with E-state index in [-0.39, 0.29) is 5.82 Å². The monoisotopic (exact) mass is 190 g/mol. The van der Waals surface area contributed by atoms with Gasteiger partial charge in [0.05, 0.1) is 12.5 Å². The molecule has 2 rings (SSSR count). The summed E-state index contributed by atoms with van der Waals surface area (Å²) in [5.74, 6) is -0.304. The van der Waals surface area contributed by atoms with Gasteiger partial charge in [-0.25, -0.2) is 9.37 Å². The first-order valence-corrected chi connectivity index (χ1v) is 4.05. The van der Waals surface area contributed by atoms with Gasteiger partial charge >= 0.3 is 0 Å². The van der Waals surface area contributed by atoms with E-state index in [1.54, 1.807) is 16.7 Å². The predicted octanol–water partition coefficient (Wildman–Crippen LogP) is 1.82. The van der Waals surface area contributed by atoms with Crippen LogP contribution in [0.4, 0.5) is 4.39 Å². The highest BCUT2D eigenvalue weighted by molar-refractivity contribution is 5.72. The van der Waals surface area contributed by atoms with Crippen molar-refractivity contribution in [2.75, 3.05) is 0 Å². The highest BCUT2D eigenvalue weighted by atomic mass is 19.1. The summed E-state index contributed by atoms with van der Waals surface area (Å²) in [6.07, 6.45) is 3.67. The van der Waals surface area contributed by atoms with Crippen molar-refractivity contribution in [3.63, 3.8) is 0 Å². The number of imidazole rings is 1. The van der Waals surface area contributed by atoms with Gasteiger partial charge in [0.2, 0.25) is 0 Å². The smallest absolute Gasteiger partial charge is 0.168 e. The predicted molar refractivity (Wildman–Crippen MR) is 48.9 cm³/mol. The lowest BCUT2D eigenvalue weighted by molar-refractivity contribution is 0.111. The van der Waals surface area contributed by atoms with E-state index in [2.05, 4.69) is 4.98 Å². The number of hydrogen-bond donors (Lipinski definition) is 0. The minimum absolute atomic E-state index is 0.304. The van der Waals surface area contributed by atoms with Crippen LogP contribution in [-0.2, 0) is 0 Å². The first-order chi connectivity index (χ1) is 6.81. The molecule has 4 heteroatoms. The lowest BCUT2D eigenvalue weighted by Gasteiger charge is -2.02. The van der Waals surface area contributed by atoms with Gasteiger partial charge in [-0.05, 0) is 24.3 Å². The molecule has 0 saturated heterocycles. The summed E-state index contributed by atoms with van der Waals surface area (Å²) < 4.78 is 14.2. The van der Waals surface area contributed by atoms with Crippen LogP contribution in [0.3, 0.4) is 0 Å². The largest absolute Gasteiger partial charge is 0.296 e. The van der Waals surface area contributed by atoms with Crippen LogP contribution < -0.4 is 0 Å². The van der Waals surface area contributed by atoms with Crippen molar-refractivity contribution in [1.29, 1.82) is 0 Å². The molecule has 0 aliphatic carbocycles. The van der Waals surface area contributed by atoms with Gasteiger partial charge in [0.15, 0.2) is 6.29 Å². The molecule has 70 valence electrons. The SMILES string of the molecule is O=Cc1cncn1-c1ccc(F)cc1. The Kier molecular flexibility index (Phi) is 2.10. The minimum atomic E-state index is -0.304. The quantitative estimate of drug-likeness (QED) is 0.677. The van der Waals surface area contributed by atoms with Gasteiger partial charge in [-0.3, -0.25) is 9.36 Å². The topological polar surface area (TPSA) is 34.9 Å². The van der Waals surface area contributed by atoms with Crippen molar-refractivity contribution < 1.29 is 9.18 Å². The summed E-state index contributed by atoms with van der Waals surface area (Å²) in [5.41, 5.74) is 1.16. The van der Waals surface area contributed by atoms with Crippen LogP contribution in [0.2, 0.25) is 0 Å². The molecule has 0 atom stereocenters. The molecule has 0 amide bonds. The van der Waals surface area contributed by atoms with Crippen LogP contribution in [0, 0.1) is 5.82 Å². The van der Waals surface area contributed by atoms with E-state index in [0.717, 1.165) is 0 Å². The van der Waals surface area contributed by atoms with Crippen LogP contribution in [0.1, 0.15) is 10.5 Å². The maximum Gasteiger partial charge on any atom is 0.168 e. The van der Waals surface area contributed by atoms with Crippen LogP contribution in [-0.4, -0.2) is 15.8 Å². The molecule has 0 spiro atoms. The minimum Gasteiger partial charge on any atom is -0.296 e. The van der Waals surface area contributed by atoms with E-state index in [1.807, 2.05) is 0 Å². The molecule has 2 aromatic rings. The molecule has 14 heavy (non-hydrogen) atoms. The van der Waals surface area contributed by atoms with E-state index >= 15 is 0 Å². The number of rotatable bonds is 2. The molecule has 0 fully saturated rings. The number of benzene rings is 1. The van der Waals surface area contributed by atoms with Crippen molar-refractivity contribution in [3.8, 4) is 5.69 Å². The molecule has 0 saturated carbocycles. The second kappa shape index (κ2) is 3.41. The van der Waals surface area contributed by atoms with Crippen LogP contribution >= 0.6 is 0 Å². The van der Waals surface area contributed by atoms with E-state index in [4.69, 9.17) is 0 Å². The maximum atomic E-state index is 12.6. The zero-order valence-corrected chi connectivity index (χ0v) is 7.22. The molecule has 1 aromatic carbocycles. The summed E-state index contributed by atoms with van der Waals surface area (Å²) in [7, 11) is 0. The highest BCUT2D eigenvalue weighted by Gasteiger charge is 2.02. The average molecular weight is 190 g/mol. The zero-order chi connectivity index (χ0) is 9.97. The fourth-order valence-corrected chi connectivity index (χ4v) is 1.21. The Bertz CT molecular complexity index is 447. The molecule has 1 heterocycles. The number of aldehydes is 1. The Morgan fingerprint density at radius 1 is 1.29 bits per heavy atom. The van der Waals surface area contributed by atoms with Crippen LogP contribution in [0.15, 0.2) is 36.8 Å². The fourth-order valence-electron chi connectivity index (χ4n) is 1.21. The summed E-state index contributed by atoms with van der Waals surface area (Å²) in [6, 6.07) is 5.85. The summed E-state index contributed by atoms with van der Waals surface area (Å²) >= 11 is 0. The molecule has 0 radical (unpaired) electrons. The normalized spacial score (nSPS) is 10.1. The molecule has 3 nitrogen and oxygen atoms in total. The summed E-state index contributed by atoms with van der Waals surface area (Å²) in [5, 5.41) is 0. The van der Waals surface area contributed by atoms with Crippen LogP contribution in [0.5, 0.6) is 0 Å². The molecule has 0 N–H and O–H groups in total. The van der Waals surface area contributed by atoms with Gasteiger partial charge in [0.25, 0.3) is 0 Å². The molecular formula is C10H7FN2O. The van der Waals surface area contributed by atoms with Crippen molar-refractivity contribution >= 4 is 6.29 Å². The number of hydrogen-bond acceptors (Lipinski definition) is 2. The van der Waals surface area contributed by atoms with E-state index in [1.165, 1.54) is 24.7 Å². The number of aromatic nitrogens is 2. The Labute approximate surface area is 79.8 Å². The van der Waals surface area contributed by atoms with E-state index < -0.39 is 0 Å². The third kappa shape index (κ3) is 1.42. The lowest BCUT2D eigenvalue weighted by atomic mass is 10.3. The molecule has 0 unspecified atom stereocenters. The maximum absolute atomic E-state index is 12.6. The second-order valence-corrected chi connectivity index (χ2v) is 2.78. The second-order valence-electron chi connectivity index (χ2n) is 2.78. The van der Waals surface area contributed by atoms with Gasteiger partial charge in [-0.2, -0.15) is 0 Å². The highest BCUT2D eigenvalue weighted by Crippen LogP contribution is 2.10. The first-order valence-electron chi connectivity index (χ1n) is 4.05. The Balaban J connectivity index is 2.49. The van der Waals surface area contributed by atoms with Gasteiger partial charge in [0, 0.05) is 5.69 Å². The van der Waals surface area contributed by atoms with Gasteiger partial charge in [-0.15, -0.1) is 0 Å². The zero-order valence-electron chi connectivity index (χ0n) is 7.22. The Morgan fingerprint density at radius 2 is 2.00 bits per heavy atom. The number of carbonyl (C=O) groups excluding carboxylic acids is 1. The third-order valence-electron chi connectivity index (χ3n) is 1.89. The molecule has 0 bridgehead atoms. The van der Waals surface area contributed by atoms with Crippen molar-refractivity contribution in [3.05, 3.63) is 48.3 Å². The van der Waals surface area contributed by atoms with Gasteiger partial charge < -0.3 is 0 Å². The van der Waals surface area contributed by atoms with Crippen molar-refractivity contribution in [1.82, 2.24) is 9.55 Å². The molecule has 1 aromatic heterocycles. The van der Waals surface area contributed by atoms with Crippen molar-refractivity contribution in [2.45, 2.75) is 0 Å².